The number of fused-ring (bicyclic) bond motifs is 7. The molecular weight excluding hydrogens is 332 g/mol. The smallest absolute Gasteiger partial charge is 0.215 e. The van der Waals surface area contributed by atoms with Crippen molar-refractivity contribution in [1.29, 1.82) is 0 Å². The molecule has 0 atom stereocenters. The summed E-state index contributed by atoms with van der Waals surface area (Å²) in [6, 6.07) is 24.8. The van der Waals surface area contributed by atoms with Crippen LogP contribution in [0.5, 0.6) is 0 Å². The van der Waals surface area contributed by atoms with Gasteiger partial charge in [0, 0.05) is 23.0 Å². The van der Waals surface area contributed by atoms with Gasteiger partial charge in [-0.25, -0.2) is 0 Å². The van der Waals surface area contributed by atoms with E-state index < -0.39 is 8.07 Å². The fourth-order valence-corrected chi connectivity index (χ4v) is 11.0. The van der Waals surface area contributed by atoms with Crippen LogP contribution in [0.15, 0.2) is 79.1 Å². The lowest BCUT2D eigenvalue weighted by molar-refractivity contribution is -0.671. The highest BCUT2D eigenvalue weighted by Gasteiger charge is 2.60. The van der Waals surface area contributed by atoms with Gasteiger partial charge in [0.25, 0.3) is 0 Å². The molecule has 0 N–H and O–H groups in total. The largest absolute Gasteiger partial charge is 0.264 e. The van der Waals surface area contributed by atoms with E-state index in [1.807, 2.05) is 6.20 Å². The van der Waals surface area contributed by atoms with E-state index >= 15 is 0 Å². The number of aromatic nitrogens is 2. The Balaban J connectivity index is 1.77. The zero-order valence-electron chi connectivity index (χ0n) is 14.1. The van der Waals surface area contributed by atoms with Crippen molar-refractivity contribution in [2.45, 2.75) is 6.54 Å². The van der Waals surface area contributed by atoms with Crippen LogP contribution >= 0.6 is 0 Å². The second kappa shape index (κ2) is 4.19. The first-order valence-corrected chi connectivity index (χ1v) is 11.1. The van der Waals surface area contributed by atoms with Gasteiger partial charge in [0.15, 0.2) is 12.7 Å². The van der Waals surface area contributed by atoms with Gasteiger partial charge in [0.2, 0.25) is 13.8 Å². The van der Waals surface area contributed by atoms with E-state index in [4.69, 9.17) is 4.98 Å². The summed E-state index contributed by atoms with van der Waals surface area (Å²) in [4.78, 5) is 5.05. The molecule has 2 nitrogen and oxygen atoms in total. The molecule has 0 amide bonds. The van der Waals surface area contributed by atoms with Gasteiger partial charge < -0.3 is 0 Å². The van der Waals surface area contributed by atoms with Gasteiger partial charge in [-0.15, -0.1) is 0 Å². The van der Waals surface area contributed by atoms with E-state index in [9.17, 15) is 0 Å². The Morgan fingerprint density at radius 2 is 1.46 bits per heavy atom. The minimum absolute atomic E-state index is 0.974. The van der Waals surface area contributed by atoms with E-state index in [-0.39, 0.29) is 0 Å². The summed E-state index contributed by atoms with van der Waals surface area (Å²) in [6.45, 7) is 0.974. The van der Waals surface area contributed by atoms with E-state index in [0.29, 0.717) is 0 Å². The first-order valence-electron chi connectivity index (χ1n) is 9.12. The van der Waals surface area contributed by atoms with Crippen molar-refractivity contribution in [2.75, 3.05) is 0 Å². The molecule has 0 saturated heterocycles. The molecule has 2 aromatic heterocycles. The third kappa shape index (κ3) is 1.21. The predicted octanol–water partition coefficient (Wildman–Crippen LogP) is 1.07. The van der Waals surface area contributed by atoms with Crippen LogP contribution in [0.25, 0.3) is 22.4 Å². The molecule has 0 unspecified atom stereocenters. The van der Waals surface area contributed by atoms with Gasteiger partial charge >= 0.3 is 0 Å². The summed E-state index contributed by atoms with van der Waals surface area (Å²) in [6.07, 6.45) is 4.25. The van der Waals surface area contributed by atoms with E-state index in [1.165, 1.54) is 48.8 Å². The van der Waals surface area contributed by atoms with Crippen molar-refractivity contribution in [1.82, 2.24) is 4.98 Å². The van der Waals surface area contributed by atoms with Crippen LogP contribution in [0.2, 0.25) is 0 Å². The number of rotatable bonds is 0. The van der Waals surface area contributed by atoms with Gasteiger partial charge in [-0.05, 0) is 33.6 Å². The molecule has 5 heterocycles. The normalized spacial score (nSPS) is 15.8. The Hall–Kier alpha value is -3.04. The molecule has 4 aromatic rings. The minimum Gasteiger partial charge on any atom is -0.264 e. The van der Waals surface area contributed by atoms with Crippen LogP contribution in [-0.2, 0) is 6.54 Å². The maximum absolute atomic E-state index is 5.05. The van der Waals surface area contributed by atoms with Crippen molar-refractivity contribution >= 4 is 29.0 Å². The summed E-state index contributed by atoms with van der Waals surface area (Å²) in [5.41, 5.74) is 7.06. The lowest BCUT2D eigenvalue weighted by Crippen LogP contribution is -2.72. The molecular formula is C23H15N2Si+. The molecule has 3 heteroatoms. The topological polar surface area (TPSA) is 16.8 Å². The molecule has 2 aromatic carbocycles. The number of nitrogens with zero attached hydrogens (tertiary/aromatic N) is 2. The van der Waals surface area contributed by atoms with E-state index in [0.717, 1.165) is 6.54 Å². The van der Waals surface area contributed by atoms with Gasteiger partial charge in [0.05, 0.1) is 10.9 Å². The summed E-state index contributed by atoms with van der Waals surface area (Å²) in [5.74, 6) is 0. The molecule has 120 valence electrons. The lowest BCUT2D eigenvalue weighted by Gasteiger charge is -2.25. The van der Waals surface area contributed by atoms with Crippen molar-refractivity contribution in [2.24, 2.45) is 0 Å². The van der Waals surface area contributed by atoms with Gasteiger partial charge in [-0.2, -0.15) is 4.57 Å². The van der Waals surface area contributed by atoms with Crippen LogP contribution in [0, 0.1) is 0 Å². The van der Waals surface area contributed by atoms with Crippen molar-refractivity contribution in [3.05, 3.63) is 84.7 Å². The van der Waals surface area contributed by atoms with Gasteiger partial charge in [-0.1, -0.05) is 48.5 Å². The third-order valence-electron chi connectivity index (χ3n) is 6.40. The molecule has 3 aliphatic rings. The van der Waals surface area contributed by atoms with Crippen LogP contribution in [0.3, 0.4) is 0 Å². The monoisotopic (exact) mass is 347 g/mol. The predicted molar refractivity (Wildman–Crippen MR) is 105 cm³/mol. The highest BCUT2D eigenvalue weighted by molar-refractivity contribution is 7.23. The average Bonchev–Trinajstić information content (AvgIpc) is 3.32. The molecule has 1 spiro atoms. The molecule has 0 fully saturated rings. The summed E-state index contributed by atoms with van der Waals surface area (Å²) >= 11 is 0. The molecule has 0 radical (unpaired) electrons. The SMILES string of the molecule is c1ccc2c(c1)-c1ccccc1[Si]21c2ccc[n+]3c2-c2c(ccnc21)C3. The fourth-order valence-electron chi connectivity index (χ4n) is 5.54. The molecule has 26 heavy (non-hydrogen) atoms. The average molecular weight is 347 g/mol. The molecule has 0 aliphatic carbocycles. The van der Waals surface area contributed by atoms with Crippen molar-refractivity contribution < 1.29 is 4.57 Å². The van der Waals surface area contributed by atoms with Gasteiger partial charge in [-0.3, -0.25) is 4.98 Å². The highest BCUT2D eigenvalue weighted by Crippen LogP contribution is 2.36. The van der Waals surface area contributed by atoms with E-state index in [2.05, 4.69) is 77.5 Å². The quantitative estimate of drug-likeness (QED) is 0.296. The first-order chi connectivity index (χ1) is 12.9. The third-order valence-corrected chi connectivity index (χ3v) is 11.2. The fraction of sp³-hybridized carbons (Fsp3) is 0.0435. The number of pyridine rings is 2. The zero-order chi connectivity index (χ0) is 16.9. The van der Waals surface area contributed by atoms with Crippen LogP contribution in [-0.4, -0.2) is 13.1 Å². The van der Waals surface area contributed by atoms with Crippen LogP contribution in [0.4, 0.5) is 0 Å². The second-order valence-corrected chi connectivity index (χ2v) is 11.0. The maximum Gasteiger partial charge on any atom is 0.215 e. The highest BCUT2D eigenvalue weighted by atomic mass is 28.3. The zero-order valence-corrected chi connectivity index (χ0v) is 15.1. The standard InChI is InChI=1S/C23H15N2Si/c1-3-8-18-16(6-1)17-7-2-4-9-19(17)26(18)20-10-5-13-25-14-15-11-12-24-23(26)21(15)22(20)25/h1-13H,14H2/q+1. The number of benzene rings is 2. The lowest BCUT2D eigenvalue weighted by atomic mass is 10.1. The van der Waals surface area contributed by atoms with Crippen LogP contribution in [0.1, 0.15) is 5.56 Å². The summed E-state index contributed by atoms with van der Waals surface area (Å²) in [7, 11) is -2.27. The summed E-state index contributed by atoms with van der Waals surface area (Å²) in [5, 5.41) is 5.88. The Bertz CT molecular complexity index is 1180. The number of hydrogen-bond acceptors (Lipinski definition) is 1. The Labute approximate surface area is 152 Å². The second-order valence-electron chi connectivity index (χ2n) is 7.43. The Morgan fingerprint density at radius 1 is 0.769 bits per heavy atom. The molecule has 0 bridgehead atoms. The maximum atomic E-state index is 5.05. The van der Waals surface area contributed by atoms with Crippen LogP contribution < -0.4 is 25.4 Å². The van der Waals surface area contributed by atoms with Gasteiger partial charge in [0.1, 0.15) is 0 Å². The number of hydrogen-bond donors (Lipinski definition) is 0. The van der Waals surface area contributed by atoms with Crippen molar-refractivity contribution in [3.63, 3.8) is 0 Å². The van der Waals surface area contributed by atoms with Crippen molar-refractivity contribution in [3.8, 4) is 22.4 Å². The first kappa shape index (κ1) is 13.2. The van der Waals surface area contributed by atoms with E-state index in [1.54, 1.807) is 0 Å². The molecule has 0 saturated carbocycles. The molecule has 7 rings (SSSR count). The Kier molecular flexibility index (Phi) is 2.13. The Morgan fingerprint density at radius 3 is 2.23 bits per heavy atom. The molecule has 3 aliphatic heterocycles. The minimum atomic E-state index is -2.27. The summed E-state index contributed by atoms with van der Waals surface area (Å²) < 4.78 is 2.43.